The first-order chi connectivity index (χ1) is 17.1. The summed E-state index contributed by atoms with van der Waals surface area (Å²) in [6.45, 7) is 6.82. The van der Waals surface area contributed by atoms with E-state index in [1.807, 2.05) is 6.07 Å². The minimum absolute atomic E-state index is 0.0715. The normalized spacial score (nSPS) is 11.6. The van der Waals surface area contributed by atoms with Gasteiger partial charge in [0.15, 0.2) is 5.13 Å². The van der Waals surface area contributed by atoms with E-state index in [9.17, 15) is 19.6 Å². The van der Waals surface area contributed by atoms with Crippen molar-refractivity contribution in [2.75, 3.05) is 11.9 Å². The number of amides is 2. The zero-order chi connectivity index (χ0) is 26.4. The molecule has 0 bridgehead atoms. The predicted octanol–water partition coefficient (Wildman–Crippen LogP) is 3.44. The molecule has 3 rings (SSSR count). The Hall–Kier alpha value is -4.11. The molecule has 0 saturated heterocycles. The van der Waals surface area contributed by atoms with Gasteiger partial charge in [-0.1, -0.05) is 28.6 Å². The molecule has 2 amide bonds. The summed E-state index contributed by atoms with van der Waals surface area (Å²) in [6, 6.07) is 7.91. The van der Waals surface area contributed by atoms with Crippen LogP contribution in [0.2, 0.25) is 0 Å². The average molecular weight is 511 g/mol. The average Bonchev–Trinajstić information content (AvgIpc) is 3.44. The highest BCUT2D eigenvalue weighted by Crippen LogP contribution is 2.27. The van der Waals surface area contributed by atoms with Crippen LogP contribution in [0.3, 0.4) is 0 Å². The Kier molecular flexibility index (Phi) is 8.50. The maximum atomic E-state index is 12.9. The van der Waals surface area contributed by atoms with Gasteiger partial charge in [-0.3, -0.25) is 14.5 Å². The van der Waals surface area contributed by atoms with Gasteiger partial charge in [-0.05, 0) is 32.9 Å². The Bertz CT molecular complexity index is 1310. The summed E-state index contributed by atoms with van der Waals surface area (Å²) in [5, 5.41) is 16.2. The first-order valence-corrected chi connectivity index (χ1v) is 11.9. The van der Waals surface area contributed by atoms with Crippen LogP contribution in [0.15, 0.2) is 28.8 Å². The number of hydrogen-bond acceptors (Lipinski definition) is 10. The molecule has 2 heterocycles. The van der Waals surface area contributed by atoms with Gasteiger partial charge in [0.05, 0.1) is 30.3 Å². The van der Waals surface area contributed by atoms with Crippen LogP contribution in [0.4, 0.5) is 5.13 Å². The number of carbonyl (C=O) groups excluding carboxylic acids is 3. The number of thiazole rings is 1. The van der Waals surface area contributed by atoms with Crippen LogP contribution < -0.4 is 10.2 Å². The summed E-state index contributed by atoms with van der Waals surface area (Å²) in [6.07, 6.45) is -0.490. The zero-order valence-electron chi connectivity index (χ0n) is 20.6. The van der Waals surface area contributed by atoms with Crippen molar-refractivity contribution in [1.82, 2.24) is 20.4 Å². The third-order valence-corrected chi connectivity index (χ3v) is 6.19. The Balaban J connectivity index is 1.69. The van der Waals surface area contributed by atoms with Crippen LogP contribution in [0.25, 0.3) is 11.4 Å². The molecule has 0 aliphatic carbocycles. The molecular weight excluding hydrogens is 484 g/mol. The molecule has 3 aromatic rings. The van der Waals surface area contributed by atoms with E-state index >= 15 is 0 Å². The number of nitrogens with zero attached hydrogens (tertiary/aromatic N) is 5. The molecule has 0 aliphatic rings. The molecule has 0 unspecified atom stereocenters. The largest absolute Gasteiger partial charge is 0.459 e. The standard InChI is InChI=1S/C24H26N6O5S/c1-13(2)34-23(33)20-14(3)26-24(36-20)30(5)19(31)12-18(9-10-25)28-22(32)17-8-6-7-16(11-17)21-27-15(4)35-29-21/h6-8,11,13,18H,9,12H2,1-5H3,(H,28,32)/t18-/m0/s1. The molecule has 188 valence electrons. The Morgan fingerprint density at radius 2 is 2.00 bits per heavy atom. The summed E-state index contributed by atoms with van der Waals surface area (Å²) in [5.74, 6) is -0.570. The van der Waals surface area contributed by atoms with Gasteiger partial charge in [-0.25, -0.2) is 9.78 Å². The number of rotatable bonds is 9. The van der Waals surface area contributed by atoms with Gasteiger partial charge in [-0.2, -0.15) is 10.2 Å². The van der Waals surface area contributed by atoms with Gasteiger partial charge >= 0.3 is 5.97 Å². The predicted molar refractivity (Wildman–Crippen MR) is 131 cm³/mol. The zero-order valence-corrected chi connectivity index (χ0v) is 21.4. The minimum Gasteiger partial charge on any atom is -0.459 e. The monoisotopic (exact) mass is 510 g/mol. The molecule has 11 nitrogen and oxygen atoms in total. The van der Waals surface area contributed by atoms with E-state index in [2.05, 4.69) is 20.4 Å². The van der Waals surface area contributed by atoms with Crippen molar-refractivity contribution in [2.45, 2.75) is 52.7 Å². The Morgan fingerprint density at radius 1 is 1.25 bits per heavy atom. The van der Waals surface area contributed by atoms with E-state index < -0.39 is 17.9 Å². The topological polar surface area (TPSA) is 151 Å². The number of anilines is 1. The van der Waals surface area contributed by atoms with Crippen LogP contribution in [-0.2, 0) is 9.53 Å². The van der Waals surface area contributed by atoms with Gasteiger partial charge in [0.1, 0.15) is 4.88 Å². The molecule has 36 heavy (non-hydrogen) atoms. The first-order valence-electron chi connectivity index (χ1n) is 11.1. The van der Waals surface area contributed by atoms with Crippen molar-refractivity contribution in [3.05, 3.63) is 46.3 Å². The summed E-state index contributed by atoms with van der Waals surface area (Å²) < 4.78 is 10.2. The Morgan fingerprint density at radius 3 is 2.64 bits per heavy atom. The molecule has 0 radical (unpaired) electrons. The highest BCUT2D eigenvalue weighted by atomic mass is 32.1. The van der Waals surface area contributed by atoms with E-state index in [-0.39, 0.29) is 24.9 Å². The second kappa shape index (κ2) is 11.5. The van der Waals surface area contributed by atoms with Crippen molar-refractivity contribution in [3.63, 3.8) is 0 Å². The molecule has 1 N–H and O–H groups in total. The summed E-state index contributed by atoms with van der Waals surface area (Å²) in [7, 11) is 1.53. The SMILES string of the molecule is Cc1nc(-c2cccc(C(=O)N[C@@H](CC#N)CC(=O)N(C)c3nc(C)c(C(=O)OC(C)C)s3)c2)no1. The molecule has 1 aromatic carbocycles. The lowest BCUT2D eigenvalue weighted by atomic mass is 10.1. The molecule has 0 aliphatic heterocycles. The van der Waals surface area contributed by atoms with E-state index in [0.29, 0.717) is 38.5 Å². The molecular formula is C24H26N6O5S. The smallest absolute Gasteiger partial charge is 0.350 e. The van der Waals surface area contributed by atoms with Crippen LogP contribution in [-0.4, -0.2) is 52.1 Å². The number of carbonyl (C=O) groups is 3. The van der Waals surface area contributed by atoms with Crippen LogP contribution >= 0.6 is 11.3 Å². The number of hydrogen-bond donors (Lipinski definition) is 1. The summed E-state index contributed by atoms with van der Waals surface area (Å²) in [4.78, 5) is 48.2. The third kappa shape index (κ3) is 6.51. The van der Waals surface area contributed by atoms with E-state index in [4.69, 9.17) is 9.26 Å². The molecule has 0 saturated carbocycles. The number of ether oxygens (including phenoxy) is 1. The maximum Gasteiger partial charge on any atom is 0.350 e. The number of esters is 1. The third-order valence-electron chi connectivity index (χ3n) is 4.98. The van der Waals surface area contributed by atoms with Crippen molar-refractivity contribution in [1.29, 1.82) is 5.26 Å². The quantitative estimate of drug-likeness (QED) is 0.427. The fourth-order valence-electron chi connectivity index (χ4n) is 3.21. The lowest BCUT2D eigenvalue weighted by Gasteiger charge is -2.19. The van der Waals surface area contributed by atoms with Crippen molar-refractivity contribution < 1.29 is 23.6 Å². The van der Waals surface area contributed by atoms with Crippen LogP contribution in [0.1, 0.15) is 58.3 Å². The van der Waals surface area contributed by atoms with Crippen molar-refractivity contribution >= 4 is 34.3 Å². The second-order valence-electron chi connectivity index (χ2n) is 8.27. The minimum atomic E-state index is -0.736. The molecule has 0 fully saturated rings. The number of aromatic nitrogens is 3. The van der Waals surface area contributed by atoms with Gasteiger partial charge in [-0.15, -0.1) is 0 Å². The van der Waals surface area contributed by atoms with Crippen molar-refractivity contribution in [3.8, 4) is 17.5 Å². The van der Waals surface area contributed by atoms with Gasteiger partial charge in [0, 0.05) is 31.5 Å². The molecule has 2 aromatic heterocycles. The highest BCUT2D eigenvalue weighted by Gasteiger charge is 2.25. The first kappa shape index (κ1) is 26.5. The number of benzene rings is 1. The van der Waals surface area contributed by atoms with Gasteiger partial charge in [0.25, 0.3) is 5.91 Å². The van der Waals surface area contributed by atoms with E-state index in [1.165, 1.54) is 11.9 Å². The summed E-state index contributed by atoms with van der Waals surface area (Å²) >= 11 is 1.05. The van der Waals surface area contributed by atoms with E-state index in [0.717, 1.165) is 11.3 Å². The maximum absolute atomic E-state index is 12.9. The fourth-order valence-corrected chi connectivity index (χ4v) is 4.13. The summed E-state index contributed by atoms with van der Waals surface area (Å²) in [5.41, 5.74) is 1.37. The van der Waals surface area contributed by atoms with Gasteiger partial charge < -0.3 is 14.6 Å². The van der Waals surface area contributed by atoms with E-state index in [1.54, 1.807) is 52.0 Å². The lowest BCUT2D eigenvalue weighted by Crippen LogP contribution is -2.39. The number of aryl methyl sites for hydroxylation is 2. The number of nitriles is 1. The molecule has 0 spiro atoms. The van der Waals surface area contributed by atoms with Gasteiger partial charge in [0.2, 0.25) is 17.6 Å². The van der Waals surface area contributed by atoms with Crippen molar-refractivity contribution in [2.24, 2.45) is 0 Å². The molecule has 1 atom stereocenters. The van der Waals surface area contributed by atoms with Crippen LogP contribution in [0.5, 0.6) is 0 Å². The molecule has 12 heteroatoms. The highest BCUT2D eigenvalue weighted by molar-refractivity contribution is 7.17. The lowest BCUT2D eigenvalue weighted by molar-refractivity contribution is -0.118. The fraction of sp³-hybridized carbons (Fsp3) is 0.375. The number of nitrogens with one attached hydrogen (secondary N) is 1. The van der Waals surface area contributed by atoms with Crippen LogP contribution in [0, 0.1) is 25.2 Å². The Labute approximate surface area is 212 Å². The second-order valence-corrected chi connectivity index (χ2v) is 9.25.